The number of nitrogens with one attached hydrogen (secondary N) is 1. The number of hydrogen-bond donors (Lipinski definition) is 1. The molecule has 28 heavy (non-hydrogen) atoms. The van der Waals surface area contributed by atoms with Crippen molar-refractivity contribution >= 4 is 23.4 Å². The number of pyridine rings is 1. The number of esters is 1. The molecular formula is C21H24FN3O3. The molecule has 1 aliphatic rings. The number of carbonyl (C=O) groups is 2. The summed E-state index contributed by atoms with van der Waals surface area (Å²) in [6, 6.07) is 9.01. The second-order valence-corrected chi connectivity index (χ2v) is 6.76. The van der Waals surface area contributed by atoms with E-state index >= 15 is 0 Å². The number of nitrogens with zero attached hydrogens (tertiary/aromatic N) is 2. The summed E-state index contributed by atoms with van der Waals surface area (Å²) in [5.41, 5.74) is 0.650. The molecule has 1 amide bonds. The molecule has 1 aromatic carbocycles. The predicted octanol–water partition coefficient (Wildman–Crippen LogP) is 3.91. The lowest BCUT2D eigenvalue weighted by Gasteiger charge is -2.24. The maximum absolute atomic E-state index is 13.4. The van der Waals surface area contributed by atoms with Crippen LogP contribution >= 0.6 is 0 Å². The monoisotopic (exact) mass is 385 g/mol. The van der Waals surface area contributed by atoms with Crippen molar-refractivity contribution in [2.24, 2.45) is 0 Å². The summed E-state index contributed by atoms with van der Waals surface area (Å²) in [4.78, 5) is 30.8. The van der Waals surface area contributed by atoms with E-state index in [9.17, 15) is 14.0 Å². The maximum atomic E-state index is 13.4. The fraction of sp³-hybridized carbons (Fsp3) is 0.381. The molecule has 2 heterocycles. The van der Waals surface area contributed by atoms with Gasteiger partial charge in [0.1, 0.15) is 17.2 Å². The van der Waals surface area contributed by atoms with E-state index in [0.717, 1.165) is 25.7 Å². The van der Waals surface area contributed by atoms with Gasteiger partial charge < -0.3 is 15.0 Å². The van der Waals surface area contributed by atoms with Gasteiger partial charge >= 0.3 is 5.97 Å². The molecule has 148 valence electrons. The van der Waals surface area contributed by atoms with Crippen LogP contribution in [0.15, 0.2) is 42.6 Å². The van der Waals surface area contributed by atoms with Crippen LogP contribution in [0.3, 0.4) is 0 Å². The Morgan fingerprint density at radius 2 is 1.82 bits per heavy atom. The minimum Gasteiger partial charge on any atom is -0.452 e. The van der Waals surface area contributed by atoms with Crippen LogP contribution in [-0.4, -0.2) is 41.5 Å². The first kappa shape index (κ1) is 19.8. The number of benzene rings is 1. The molecule has 7 heteroatoms. The van der Waals surface area contributed by atoms with Crippen LogP contribution < -0.4 is 5.32 Å². The Morgan fingerprint density at radius 3 is 2.57 bits per heavy atom. The first-order valence-corrected chi connectivity index (χ1v) is 9.56. The van der Waals surface area contributed by atoms with Gasteiger partial charge in [0.15, 0.2) is 6.61 Å². The maximum Gasteiger partial charge on any atom is 0.342 e. The van der Waals surface area contributed by atoms with Gasteiger partial charge in [0.05, 0.1) is 0 Å². The molecular weight excluding hydrogens is 361 g/mol. The molecule has 1 fully saturated rings. The first-order valence-electron chi connectivity index (χ1n) is 9.56. The summed E-state index contributed by atoms with van der Waals surface area (Å²) in [7, 11) is 0. The Kier molecular flexibility index (Phi) is 6.94. The number of likely N-dealkylation sites (tertiary alicyclic amines) is 1. The Morgan fingerprint density at radius 1 is 1.07 bits per heavy atom. The molecule has 1 aromatic heterocycles. The van der Waals surface area contributed by atoms with Crippen molar-refractivity contribution in [3.05, 3.63) is 54.0 Å². The lowest BCUT2D eigenvalue weighted by molar-refractivity contribution is -0.134. The average molecular weight is 385 g/mol. The Labute approximate surface area is 163 Å². The van der Waals surface area contributed by atoms with Gasteiger partial charge in [-0.05, 0) is 43.2 Å². The van der Waals surface area contributed by atoms with E-state index in [0.29, 0.717) is 18.8 Å². The van der Waals surface area contributed by atoms with E-state index in [-0.39, 0.29) is 23.9 Å². The van der Waals surface area contributed by atoms with Gasteiger partial charge in [-0.3, -0.25) is 4.79 Å². The van der Waals surface area contributed by atoms with Gasteiger partial charge in [0.2, 0.25) is 0 Å². The number of rotatable bonds is 5. The summed E-state index contributed by atoms with van der Waals surface area (Å²) < 4.78 is 18.6. The number of hydrogen-bond acceptors (Lipinski definition) is 5. The zero-order valence-electron chi connectivity index (χ0n) is 15.7. The Bertz CT molecular complexity index is 820. The highest BCUT2D eigenvalue weighted by Crippen LogP contribution is 2.20. The lowest BCUT2D eigenvalue weighted by Crippen LogP contribution is -2.37. The summed E-state index contributed by atoms with van der Waals surface area (Å²) in [5.74, 6) is -0.980. The molecule has 0 spiro atoms. The second-order valence-electron chi connectivity index (χ2n) is 6.76. The third-order valence-corrected chi connectivity index (χ3v) is 4.65. The Hall–Kier alpha value is -2.96. The smallest absolute Gasteiger partial charge is 0.342 e. The number of amides is 1. The largest absolute Gasteiger partial charge is 0.452 e. The number of halogens is 1. The normalized spacial score (nSPS) is 14.7. The molecule has 1 saturated heterocycles. The van der Waals surface area contributed by atoms with E-state index in [1.165, 1.54) is 24.8 Å². The van der Waals surface area contributed by atoms with Crippen LogP contribution in [0.5, 0.6) is 0 Å². The highest BCUT2D eigenvalue weighted by Gasteiger charge is 2.19. The summed E-state index contributed by atoms with van der Waals surface area (Å²) in [6.07, 6.45) is 6.92. The highest BCUT2D eigenvalue weighted by molar-refractivity contribution is 5.96. The van der Waals surface area contributed by atoms with Gasteiger partial charge in [-0.2, -0.15) is 0 Å². The molecule has 0 radical (unpaired) electrons. The van der Waals surface area contributed by atoms with Crippen molar-refractivity contribution in [2.45, 2.75) is 32.1 Å². The van der Waals surface area contributed by atoms with Crippen molar-refractivity contribution in [3.63, 3.8) is 0 Å². The standard InChI is InChI=1S/C21H24FN3O3/c22-16-8-6-9-17(14-16)24-20-18(10-7-11-23-20)21(27)28-15-19(26)25-12-4-2-1-3-5-13-25/h6-11,14H,1-5,12-13,15H2,(H,23,24). The number of anilines is 2. The lowest BCUT2D eigenvalue weighted by atomic mass is 10.1. The van der Waals surface area contributed by atoms with Crippen molar-refractivity contribution in [1.29, 1.82) is 0 Å². The molecule has 2 aromatic rings. The van der Waals surface area contributed by atoms with Crippen LogP contribution in [0.4, 0.5) is 15.9 Å². The quantitative estimate of drug-likeness (QED) is 0.790. The molecule has 0 atom stereocenters. The van der Waals surface area contributed by atoms with Crippen LogP contribution in [-0.2, 0) is 9.53 Å². The van der Waals surface area contributed by atoms with Gasteiger partial charge in [-0.25, -0.2) is 14.2 Å². The summed E-state index contributed by atoms with van der Waals surface area (Å²) in [6.45, 7) is 1.11. The Balaban J connectivity index is 1.62. The molecule has 0 unspecified atom stereocenters. The molecule has 1 aliphatic heterocycles. The van der Waals surface area contributed by atoms with Crippen LogP contribution in [0.2, 0.25) is 0 Å². The second kappa shape index (κ2) is 9.82. The number of ether oxygens (including phenoxy) is 1. The van der Waals surface area contributed by atoms with Crippen molar-refractivity contribution in [3.8, 4) is 0 Å². The number of carbonyl (C=O) groups excluding carboxylic acids is 2. The molecule has 0 bridgehead atoms. The number of aromatic nitrogens is 1. The molecule has 6 nitrogen and oxygen atoms in total. The van der Waals surface area contributed by atoms with Crippen LogP contribution in [0, 0.1) is 5.82 Å². The molecule has 0 aliphatic carbocycles. The van der Waals surface area contributed by atoms with Crippen molar-refractivity contribution in [2.75, 3.05) is 25.0 Å². The van der Waals surface area contributed by atoms with Crippen molar-refractivity contribution < 1.29 is 18.7 Å². The fourth-order valence-electron chi connectivity index (χ4n) is 3.17. The van der Waals surface area contributed by atoms with E-state index in [4.69, 9.17) is 4.74 Å². The average Bonchev–Trinajstić information content (AvgIpc) is 2.66. The van der Waals surface area contributed by atoms with E-state index < -0.39 is 11.8 Å². The molecule has 3 rings (SSSR count). The van der Waals surface area contributed by atoms with E-state index in [1.54, 1.807) is 29.2 Å². The van der Waals surface area contributed by atoms with Crippen LogP contribution in [0.25, 0.3) is 0 Å². The van der Waals surface area contributed by atoms with E-state index in [2.05, 4.69) is 10.3 Å². The zero-order chi connectivity index (χ0) is 19.8. The highest BCUT2D eigenvalue weighted by atomic mass is 19.1. The SMILES string of the molecule is O=C(OCC(=O)N1CCCCCCC1)c1cccnc1Nc1cccc(F)c1. The van der Waals surface area contributed by atoms with E-state index in [1.807, 2.05) is 0 Å². The zero-order valence-corrected chi connectivity index (χ0v) is 15.7. The van der Waals surface area contributed by atoms with Gasteiger partial charge in [-0.1, -0.05) is 25.3 Å². The van der Waals surface area contributed by atoms with Crippen LogP contribution in [0.1, 0.15) is 42.5 Å². The van der Waals surface area contributed by atoms with Gasteiger partial charge in [-0.15, -0.1) is 0 Å². The predicted molar refractivity (Wildman–Crippen MR) is 104 cm³/mol. The molecule has 0 saturated carbocycles. The topological polar surface area (TPSA) is 71.5 Å². The van der Waals surface area contributed by atoms with Gasteiger partial charge in [0.25, 0.3) is 5.91 Å². The third-order valence-electron chi connectivity index (χ3n) is 4.65. The van der Waals surface area contributed by atoms with Gasteiger partial charge in [0, 0.05) is 25.0 Å². The minimum atomic E-state index is -0.646. The summed E-state index contributed by atoms with van der Waals surface area (Å²) in [5, 5.41) is 2.91. The first-order chi connectivity index (χ1) is 13.6. The summed E-state index contributed by atoms with van der Waals surface area (Å²) >= 11 is 0. The minimum absolute atomic E-state index is 0.182. The van der Waals surface area contributed by atoms with Crippen molar-refractivity contribution in [1.82, 2.24) is 9.88 Å². The fourth-order valence-corrected chi connectivity index (χ4v) is 3.17. The molecule has 1 N–H and O–H groups in total. The third kappa shape index (κ3) is 5.52.